The van der Waals surface area contributed by atoms with Crippen LogP contribution < -0.4 is 10.6 Å². The van der Waals surface area contributed by atoms with E-state index in [-0.39, 0.29) is 17.4 Å². The molecule has 2 N–H and O–H groups in total. The summed E-state index contributed by atoms with van der Waals surface area (Å²) in [6.07, 6.45) is 0. The molecule has 0 aliphatic carbocycles. The zero-order valence-corrected chi connectivity index (χ0v) is 16.5. The van der Waals surface area contributed by atoms with Gasteiger partial charge in [-0.3, -0.25) is 14.4 Å². The second kappa shape index (κ2) is 8.68. The van der Waals surface area contributed by atoms with Crippen LogP contribution in [0.3, 0.4) is 0 Å². The Morgan fingerprint density at radius 1 is 1.07 bits per heavy atom. The van der Waals surface area contributed by atoms with E-state index in [2.05, 4.69) is 10.6 Å². The van der Waals surface area contributed by atoms with Crippen molar-refractivity contribution in [2.75, 3.05) is 26.0 Å². The summed E-state index contributed by atoms with van der Waals surface area (Å²) in [5, 5.41) is 5.70. The number of aryl methyl sites for hydroxylation is 1. The van der Waals surface area contributed by atoms with Crippen molar-refractivity contribution in [3.63, 3.8) is 0 Å². The Bertz CT molecular complexity index is 896. The third-order valence-electron chi connectivity index (χ3n) is 4.20. The van der Waals surface area contributed by atoms with Gasteiger partial charge in [0, 0.05) is 36.8 Å². The number of carbonyl (C=O) groups excluding carboxylic acids is 3. The predicted octanol–water partition coefficient (Wildman–Crippen LogP) is 3.35. The summed E-state index contributed by atoms with van der Waals surface area (Å²) in [7, 11) is 3.20. The first-order valence-electron chi connectivity index (χ1n) is 8.47. The minimum Gasteiger partial charge on any atom is -0.355 e. The number of nitrogens with one attached hydrogen (secondary N) is 2. The molecule has 0 aromatic heterocycles. The fourth-order valence-electron chi connectivity index (χ4n) is 2.57. The van der Waals surface area contributed by atoms with Crippen LogP contribution in [0, 0.1) is 6.92 Å². The van der Waals surface area contributed by atoms with Gasteiger partial charge in [0.1, 0.15) is 0 Å². The molecule has 142 valence electrons. The van der Waals surface area contributed by atoms with Crippen LogP contribution in [0.4, 0.5) is 5.69 Å². The lowest BCUT2D eigenvalue weighted by Crippen LogP contribution is -2.26. The van der Waals surface area contributed by atoms with Gasteiger partial charge in [0.2, 0.25) is 0 Å². The molecule has 0 atom stereocenters. The van der Waals surface area contributed by atoms with Gasteiger partial charge in [-0.1, -0.05) is 17.7 Å². The highest BCUT2D eigenvalue weighted by molar-refractivity contribution is 6.31. The Morgan fingerprint density at radius 2 is 1.74 bits per heavy atom. The average molecular weight is 388 g/mol. The van der Waals surface area contributed by atoms with E-state index in [0.29, 0.717) is 33.9 Å². The molecule has 0 fully saturated rings. The molecule has 0 aliphatic rings. The van der Waals surface area contributed by atoms with Crippen molar-refractivity contribution in [1.29, 1.82) is 0 Å². The van der Waals surface area contributed by atoms with Crippen LogP contribution in [0.1, 0.15) is 43.6 Å². The molecule has 0 heterocycles. The van der Waals surface area contributed by atoms with Crippen LogP contribution in [0.25, 0.3) is 0 Å². The van der Waals surface area contributed by atoms with Crippen LogP contribution in [0.2, 0.25) is 5.02 Å². The minimum absolute atomic E-state index is 0.166. The molecule has 3 amide bonds. The fourth-order valence-corrected chi connectivity index (χ4v) is 2.84. The van der Waals surface area contributed by atoms with Crippen LogP contribution >= 0.6 is 11.6 Å². The molecule has 0 bridgehead atoms. The van der Waals surface area contributed by atoms with Crippen LogP contribution in [0.15, 0.2) is 36.4 Å². The number of halogens is 1. The zero-order valence-electron chi connectivity index (χ0n) is 15.7. The summed E-state index contributed by atoms with van der Waals surface area (Å²) in [5.41, 5.74) is 2.06. The Labute approximate surface area is 163 Å². The molecule has 2 aromatic rings. The molecule has 0 saturated heterocycles. The zero-order chi connectivity index (χ0) is 20.1. The van der Waals surface area contributed by atoms with Crippen molar-refractivity contribution in [2.24, 2.45) is 0 Å². The lowest BCUT2D eigenvalue weighted by atomic mass is 10.1. The van der Waals surface area contributed by atoms with Gasteiger partial charge in [-0.25, -0.2) is 0 Å². The van der Waals surface area contributed by atoms with E-state index in [0.717, 1.165) is 0 Å². The number of benzene rings is 2. The minimum atomic E-state index is -0.417. The molecule has 27 heavy (non-hydrogen) atoms. The normalized spacial score (nSPS) is 10.3. The smallest absolute Gasteiger partial charge is 0.255 e. The van der Waals surface area contributed by atoms with Crippen molar-refractivity contribution in [2.45, 2.75) is 13.8 Å². The molecular weight excluding hydrogens is 366 g/mol. The maximum Gasteiger partial charge on any atom is 0.255 e. The fraction of sp³-hybridized carbons (Fsp3) is 0.250. The molecule has 0 saturated carbocycles. The number of carbonyl (C=O) groups is 3. The number of rotatable bonds is 5. The SMILES string of the molecule is CCN(C)C(=O)c1cccc(C(=O)Nc2c(C)cc(Cl)cc2C(=O)NC)c1. The van der Waals surface area contributed by atoms with E-state index >= 15 is 0 Å². The van der Waals surface area contributed by atoms with Gasteiger partial charge in [0.15, 0.2) is 0 Å². The molecule has 7 heteroatoms. The van der Waals surface area contributed by atoms with Crippen LogP contribution in [0.5, 0.6) is 0 Å². The summed E-state index contributed by atoms with van der Waals surface area (Å²) >= 11 is 6.04. The van der Waals surface area contributed by atoms with E-state index in [4.69, 9.17) is 11.6 Å². The van der Waals surface area contributed by atoms with Crippen molar-refractivity contribution in [3.8, 4) is 0 Å². The number of nitrogens with zero attached hydrogens (tertiary/aromatic N) is 1. The molecule has 0 aliphatic heterocycles. The first kappa shape index (κ1) is 20.5. The standard InChI is InChI=1S/C20H22ClN3O3/c1-5-24(4)20(27)14-8-6-7-13(10-14)18(25)23-17-12(2)9-15(21)11-16(17)19(26)22-3/h6-11H,5H2,1-4H3,(H,22,26)(H,23,25). The van der Waals surface area contributed by atoms with Gasteiger partial charge in [0.05, 0.1) is 11.3 Å². The van der Waals surface area contributed by atoms with E-state index in [1.54, 1.807) is 43.1 Å². The number of hydrogen-bond donors (Lipinski definition) is 2. The van der Waals surface area contributed by atoms with E-state index in [1.807, 2.05) is 6.92 Å². The van der Waals surface area contributed by atoms with Crippen molar-refractivity contribution in [3.05, 3.63) is 63.7 Å². The molecular formula is C20H22ClN3O3. The molecule has 6 nitrogen and oxygen atoms in total. The van der Waals surface area contributed by atoms with Crippen molar-refractivity contribution < 1.29 is 14.4 Å². The van der Waals surface area contributed by atoms with Gasteiger partial charge >= 0.3 is 0 Å². The topological polar surface area (TPSA) is 78.5 Å². The molecule has 2 aromatic carbocycles. The Kier molecular flexibility index (Phi) is 6.58. The Balaban J connectivity index is 2.36. The number of amides is 3. The quantitative estimate of drug-likeness (QED) is 0.825. The summed E-state index contributed by atoms with van der Waals surface area (Å²) in [6.45, 7) is 4.19. The van der Waals surface area contributed by atoms with Crippen molar-refractivity contribution >= 4 is 35.0 Å². The molecule has 0 spiro atoms. The number of anilines is 1. The summed E-state index contributed by atoms with van der Waals surface area (Å²) in [5.74, 6) is -0.940. The van der Waals surface area contributed by atoms with Gasteiger partial charge < -0.3 is 15.5 Å². The average Bonchev–Trinajstić information content (AvgIpc) is 2.67. The Hall–Kier alpha value is -2.86. The second-order valence-corrected chi connectivity index (χ2v) is 6.52. The summed E-state index contributed by atoms with van der Waals surface area (Å²) in [4.78, 5) is 38.7. The lowest BCUT2D eigenvalue weighted by Gasteiger charge is -2.16. The largest absolute Gasteiger partial charge is 0.355 e. The van der Waals surface area contributed by atoms with Crippen molar-refractivity contribution in [1.82, 2.24) is 10.2 Å². The predicted molar refractivity (Wildman–Crippen MR) is 107 cm³/mol. The molecule has 0 unspecified atom stereocenters. The highest BCUT2D eigenvalue weighted by Gasteiger charge is 2.18. The second-order valence-electron chi connectivity index (χ2n) is 6.08. The highest BCUT2D eigenvalue weighted by atomic mass is 35.5. The van der Waals surface area contributed by atoms with Crippen LogP contribution in [-0.2, 0) is 0 Å². The highest BCUT2D eigenvalue weighted by Crippen LogP contribution is 2.26. The summed E-state index contributed by atoms with van der Waals surface area (Å²) in [6, 6.07) is 9.63. The van der Waals surface area contributed by atoms with Gasteiger partial charge in [0.25, 0.3) is 17.7 Å². The third kappa shape index (κ3) is 4.65. The van der Waals surface area contributed by atoms with Crippen LogP contribution in [-0.4, -0.2) is 43.3 Å². The lowest BCUT2D eigenvalue weighted by molar-refractivity contribution is 0.0802. The van der Waals surface area contributed by atoms with Gasteiger partial charge in [-0.15, -0.1) is 0 Å². The molecule has 2 rings (SSSR count). The molecule has 0 radical (unpaired) electrons. The van der Waals surface area contributed by atoms with E-state index in [1.165, 1.54) is 19.2 Å². The third-order valence-corrected chi connectivity index (χ3v) is 4.42. The summed E-state index contributed by atoms with van der Waals surface area (Å²) < 4.78 is 0. The Morgan fingerprint density at radius 3 is 2.37 bits per heavy atom. The first-order valence-corrected chi connectivity index (χ1v) is 8.85. The van der Waals surface area contributed by atoms with Gasteiger partial charge in [-0.05, 0) is 49.7 Å². The number of hydrogen-bond acceptors (Lipinski definition) is 3. The van der Waals surface area contributed by atoms with E-state index in [9.17, 15) is 14.4 Å². The van der Waals surface area contributed by atoms with Gasteiger partial charge in [-0.2, -0.15) is 0 Å². The first-order chi connectivity index (χ1) is 12.8. The maximum absolute atomic E-state index is 12.7. The van der Waals surface area contributed by atoms with E-state index < -0.39 is 5.91 Å². The monoisotopic (exact) mass is 387 g/mol. The maximum atomic E-state index is 12.7.